The van der Waals surface area contributed by atoms with Crippen LogP contribution in [0, 0.1) is 12.8 Å². The van der Waals surface area contributed by atoms with Crippen LogP contribution < -0.4 is 5.32 Å². The Morgan fingerprint density at radius 2 is 2.47 bits per heavy atom. The van der Waals surface area contributed by atoms with Crippen molar-refractivity contribution in [3.63, 3.8) is 0 Å². The number of nitrogens with zero attached hydrogens (tertiary/aromatic N) is 3. The van der Waals surface area contributed by atoms with Gasteiger partial charge >= 0.3 is 0 Å². The van der Waals surface area contributed by atoms with Gasteiger partial charge in [0.2, 0.25) is 0 Å². The maximum absolute atomic E-state index is 4.78. The molecule has 19 heavy (non-hydrogen) atoms. The number of aryl methyl sites for hydroxylation is 1. The molecule has 0 amide bonds. The highest BCUT2D eigenvalue weighted by Gasteiger charge is 2.19. The highest BCUT2D eigenvalue weighted by molar-refractivity contribution is 7.09. The number of thiazole rings is 1. The standard InChI is InChI=1S/C14H24N4S/c1-4-15-14(18-7-5-6-11(2)9-18)16-8-13-12(3)17-10-19-13/h10-11H,4-9H2,1-3H3,(H,15,16). The molecule has 1 aromatic heterocycles. The first-order valence-corrected chi connectivity index (χ1v) is 8.01. The Hall–Kier alpha value is -1.10. The third-order valence-corrected chi connectivity index (χ3v) is 4.43. The second kappa shape index (κ2) is 6.89. The maximum Gasteiger partial charge on any atom is 0.194 e. The number of hydrogen-bond donors (Lipinski definition) is 1. The van der Waals surface area contributed by atoms with Crippen LogP contribution in [-0.4, -0.2) is 35.5 Å². The molecule has 0 spiro atoms. The summed E-state index contributed by atoms with van der Waals surface area (Å²) in [6, 6.07) is 0. The molecule has 0 radical (unpaired) electrons. The number of hydrogen-bond acceptors (Lipinski definition) is 3. The maximum atomic E-state index is 4.78. The van der Waals surface area contributed by atoms with Crippen LogP contribution in [0.5, 0.6) is 0 Å². The third-order valence-electron chi connectivity index (χ3n) is 3.51. The molecule has 0 aliphatic carbocycles. The smallest absolute Gasteiger partial charge is 0.194 e. The van der Waals surface area contributed by atoms with E-state index in [0.29, 0.717) is 0 Å². The Balaban J connectivity index is 2.04. The summed E-state index contributed by atoms with van der Waals surface area (Å²) in [6.45, 7) is 10.4. The zero-order chi connectivity index (χ0) is 13.7. The molecule has 5 heteroatoms. The fraction of sp³-hybridized carbons (Fsp3) is 0.714. The number of likely N-dealkylation sites (tertiary alicyclic amines) is 1. The first kappa shape index (κ1) is 14.3. The summed E-state index contributed by atoms with van der Waals surface area (Å²) in [5, 5.41) is 3.41. The lowest BCUT2D eigenvalue weighted by Crippen LogP contribution is -2.46. The molecule has 106 valence electrons. The van der Waals surface area contributed by atoms with E-state index in [1.165, 1.54) is 17.7 Å². The van der Waals surface area contributed by atoms with Crippen LogP contribution >= 0.6 is 11.3 Å². The largest absolute Gasteiger partial charge is 0.357 e. The Bertz CT molecular complexity index is 427. The van der Waals surface area contributed by atoms with E-state index >= 15 is 0 Å². The highest BCUT2D eigenvalue weighted by Crippen LogP contribution is 2.17. The fourth-order valence-corrected chi connectivity index (χ4v) is 3.13. The van der Waals surface area contributed by atoms with Gasteiger partial charge in [-0.1, -0.05) is 6.92 Å². The van der Waals surface area contributed by atoms with Crippen LogP contribution in [0.1, 0.15) is 37.3 Å². The highest BCUT2D eigenvalue weighted by atomic mass is 32.1. The summed E-state index contributed by atoms with van der Waals surface area (Å²) in [7, 11) is 0. The van der Waals surface area contributed by atoms with Crippen molar-refractivity contribution < 1.29 is 0 Å². The summed E-state index contributed by atoms with van der Waals surface area (Å²) >= 11 is 1.69. The lowest BCUT2D eigenvalue weighted by atomic mass is 10.0. The summed E-state index contributed by atoms with van der Waals surface area (Å²) in [5.74, 6) is 1.82. The van der Waals surface area contributed by atoms with Crippen LogP contribution in [0.4, 0.5) is 0 Å². The summed E-state index contributed by atoms with van der Waals surface area (Å²) in [4.78, 5) is 12.7. The van der Waals surface area contributed by atoms with Crippen molar-refractivity contribution in [2.24, 2.45) is 10.9 Å². The minimum absolute atomic E-state index is 0.740. The number of aromatic nitrogens is 1. The fourth-order valence-electron chi connectivity index (χ4n) is 2.43. The first-order valence-electron chi connectivity index (χ1n) is 7.13. The first-order chi connectivity index (χ1) is 9.20. The van der Waals surface area contributed by atoms with Crippen LogP contribution in [0.2, 0.25) is 0 Å². The second-order valence-electron chi connectivity index (χ2n) is 5.22. The Labute approximate surface area is 120 Å². The molecule has 1 atom stereocenters. The van der Waals surface area contributed by atoms with Crippen molar-refractivity contribution in [1.82, 2.24) is 15.2 Å². The van der Waals surface area contributed by atoms with E-state index in [-0.39, 0.29) is 0 Å². The molecule has 1 aromatic rings. The lowest BCUT2D eigenvalue weighted by Gasteiger charge is -2.33. The summed E-state index contributed by atoms with van der Waals surface area (Å²) < 4.78 is 0. The molecule has 0 saturated carbocycles. The van der Waals surface area contributed by atoms with Crippen LogP contribution in [0.15, 0.2) is 10.5 Å². The molecule has 1 N–H and O–H groups in total. The Morgan fingerprint density at radius 3 is 3.11 bits per heavy atom. The molecule has 1 aliphatic heterocycles. The van der Waals surface area contributed by atoms with Gasteiger partial charge in [-0.2, -0.15) is 0 Å². The van der Waals surface area contributed by atoms with Crippen molar-refractivity contribution in [3.8, 4) is 0 Å². The third kappa shape index (κ3) is 3.93. The van der Waals surface area contributed by atoms with Crippen molar-refractivity contribution in [2.45, 2.75) is 40.2 Å². The van der Waals surface area contributed by atoms with Gasteiger partial charge in [0.1, 0.15) is 0 Å². The molecule has 2 heterocycles. The number of aliphatic imine (C=N–C) groups is 1. The molecule has 1 saturated heterocycles. The van der Waals surface area contributed by atoms with Gasteiger partial charge in [-0.3, -0.25) is 0 Å². The van der Waals surface area contributed by atoms with Gasteiger partial charge < -0.3 is 10.2 Å². The van der Waals surface area contributed by atoms with Gasteiger partial charge in [0, 0.05) is 24.5 Å². The molecule has 1 unspecified atom stereocenters. The minimum Gasteiger partial charge on any atom is -0.357 e. The van der Waals surface area contributed by atoms with Gasteiger partial charge in [0.25, 0.3) is 0 Å². The molecular formula is C14H24N4S. The molecular weight excluding hydrogens is 256 g/mol. The van der Waals surface area contributed by atoms with Crippen molar-refractivity contribution >= 4 is 17.3 Å². The zero-order valence-corrected chi connectivity index (χ0v) is 13.0. The monoisotopic (exact) mass is 280 g/mol. The van der Waals surface area contributed by atoms with Gasteiger partial charge in [-0.05, 0) is 32.6 Å². The van der Waals surface area contributed by atoms with E-state index < -0.39 is 0 Å². The number of guanidine groups is 1. The average Bonchev–Trinajstić information content (AvgIpc) is 2.80. The predicted molar refractivity (Wildman–Crippen MR) is 81.6 cm³/mol. The average molecular weight is 280 g/mol. The zero-order valence-electron chi connectivity index (χ0n) is 12.1. The summed E-state index contributed by atoms with van der Waals surface area (Å²) in [5.41, 5.74) is 3.01. The van der Waals surface area contributed by atoms with E-state index in [2.05, 4.69) is 36.0 Å². The second-order valence-corrected chi connectivity index (χ2v) is 6.16. The molecule has 2 rings (SSSR count). The molecule has 4 nitrogen and oxygen atoms in total. The van der Waals surface area contributed by atoms with Crippen molar-refractivity contribution in [1.29, 1.82) is 0 Å². The van der Waals surface area contributed by atoms with Gasteiger partial charge in [-0.25, -0.2) is 9.98 Å². The molecule has 1 aliphatic rings. The van der Waals surface area contributed by atoms with Gasteiger partial charge in [0.15, 0.2) is 5.96 Å². The van der Waals surface area contributed by atoms with Gasteiger partial charge in [-0.15, -0.1) is 11.3 Å². The van der Waals surface area contributed by atoms with E-state index in [4.69, 9.17) is 4.99 Å². The predicted octanol–water partition coefficient (Wildman–Crippen LogP) is 2.65. The number of nitrogens with one attached hydrogen (secondary N) is 1. The Morgan fingerprint density at radius 1 is 1.63 bits per heavy atom. The van der Waals surface area contributed by atoms with Gasteiger partial charge in [0.05, 0.1) is 17.7 Å². The molecule has 0 bridgehead atoms. The van der Waals surface area contributed by atoms with Crippen molar-refractivity contribution in [2.75, 3.05) is 19.6 Å². The van der Waals surface area contributed by atoms with Crippen LogP contribution in [-0.2, 0) is 6.54 Å². The normalized spacial score (nSPS) is 20.7. The summed E-state index contributed by atoms with van der Waals surface area (Å²) in [6.07, 6.45) is 2.61. The number of piperidine rings is 1. The SMILES string of the molecule is CCNC(=NCc1scnc1C)N1CCCC(C)C1. The van der Waals surface area contributed by atoms with E-state index in [9.17, 15) is 0 Å². The van der Waals surface area contributed by atoms with E-state index in [1.54, 1.807) is 11.3 Å². The van der Waals surface area contributed by atoms with E-state index in [0.717, 1.165) is 43.8 Å². The topological polar surface area (TPSA) is 40.5 Å². The lowest BCUT2D eigenvalue weighted by molar-refractivity contribution is 0.266. The quantitative estimate of drug-likeness (QED) is 0.683. The molecule has 0 aromatic carbocycles. The van der Waals surface area contributed by atoms with Crippen molar-refractivity contribution in [3.05, 3.63) is 16.1 Å². The minimum atomic E-state index is 0.740. The number of rotatable bonds is 3. The van der Waals surface area contributed by atoms with Crippen LogP contribution in [0.3, 0.4) is 0 Å². The van der Waals surface area contributed by atoms with Crippen LogP contribution in [0.25, 0.3) is 0 Å². The Kier molecular flexibility index (Phi) is 5.19. The molecule has 1 fully saturated rings. The van der Waals surface area contributed by atoms with E-state index in [1.807, 2.05) is 5.51 Å².